The van der Waals surface area contributed by atoms with Crippen LogP contribution < -0.4 is 80.4 Å². The Bertz CT molecular complexity index is 3860. The lowest BCUT2D eigenvalue weighted by molar-refractivity contribution is 0.0941. The lowest BCUT2D eigenvalue weighted by atomic mass is 9.74. The third-order valence-corrected chi connectivity index (χ3v) is 20.7. The summed E-state index contributed by atoms with van der Waals surface area (Å²) in [5.41, 5.74) is 9.46. The van der Waals surface area contributed by atoms with Crippen LogP contribution in [0, 0.1) is 23.3 Å². The van der Waals surface area contributed by atoms with E-state index in [2.05, 4.69) is 94.5 Å². The lowest BCUT2D eigenvalue weighted by Crippen LogP contribution is -2.32. The van der Waals surface area contributed by atoms with Crippen molar-refractivity contribution >= 4 is 46.9 Å². The smallest absolute Gasteiger partial charge is 0.319 e. The summed E-state index contributed by atoms with van der Waals surface area (Å²) in [5, 5.41) is 23.9. The number of ether oxygens (including phenoxy) is 8. The standard InChI is InChI=1S/C84H92F4N8O12/c1-5-9-13-17-57-61-37-63-58(18-14-10-6-2)65-39-67-60(20-16-12-8-4)68-40-66-59(19-15-11-7-3)64-38-62(57)74-70(42-90-82(98)94-54-31-23-50(86)24-32-54)76(64)104-47-106-78(66)72(44-92-84(100)96-56-35-27-52(88)28-36-56)80(68)108-48-107-79(67)71(43-91-83(99)95-55-33-25-51(87)26-34-55)77(65)105-46-103-75(63)69(73(61)101-45-102-74)41-89-81(97)93-53-29-21-49(85)22-30-53/h21-40,57-60H,5-20,41-48H2,1-4H3,(H2,89,93,97)(H2,90,94,98)(H2,91,95,99)(H2,92,96,100). The molecular formula is C84H92F4N8O12. The first-order chi connectivity index (χ1) is 52.7. The Kier molecular flexibility index (Phi) is 24.5. The van der Waals surface area contributed by atoms with Crippen molar-refractivity contribution in [1.82, 2.24) is 21.3 Å². The first-order valence-electron chi connectivity index (χ1n) is 37.7. The SMILES string of the molecule is CCCCCC1c2cc3c4c(CNC(=O)Nc5ccc(F)cc5)c2OCOc2c1cc1c(c2CNC(=O)Nc2ccc(F)cc2)OCOc2c(cc5c(c2CNC(=O)Nc2ccc(F)cc2)OCOc2c(cc(c(c2CNC(=O)Nc2ccc(F)cc2)OCO4)C3CCCCC)C5CCCCC)C1CCCCC. The fraction of sp³-hybridized carbons (Fsp3) is 0.381. The zero-order chi connectivity index (χ0) is 75.2. The highest BCUT2D eigenvalue weighted by atomic mass is 19.1. The van der Waals surface area contributed by atoms with Gasteiger partial charge in [-0.3, -0.25) is 0 Å². The third-order valence-electron chi connectivity index (χ3n) is 20.7. The van der Waals surface area contributed by atoms with Crippen LogP contribution in [0.4, 0.5) is 59.5 Å². The second kappa shape index (κ2) is 35.1. The minimum Gasteiger partial charge on any atom is -0.457 e. The van der Waals surface area contributed by atoms with E-state index in [9.17, 15) is 36.7 Å². The number of benzene rings is 8. The van der Waals surface area contributed by atoms with Gasteiger partial charge in [-0.1, -0.05) is 105 Å². The summed E-state index contributed by atoms with van der Waals surface area (Å²) >= 11 is 0. The average Bonchev–Trinajstić information content (AvgIpc) is 0.721. The minimum absolute atomic E-state index is 0.154. The Morgan fingerprint density at radius 3 is 0.630 bits per heavy atom. The number of carbonyl (C=O) groups excluding carboxylic acids is 4. The summed E-state index contributed by atoms with van der Waals surface area (Å²) in [4.78, 5) is 57.6. The van der Waals surface area contributed by atoms with Gasteiger partial charge < -0.3 is 80.4 Å². The van der Waals surface area contributed by atoms with Crippen molar-refractivity contribution in [2.75, 3.05) is 48.4 Å². The molecule has 4 aliphatic heterocycles. The highest BCUT2D eigenvalue weighted by Crippen LogP contribution is 2.59. The second-order valence-electron chi connectivity index (χ2n) is 27.8. The number of carbonyl (C=O) groups is 4. The molecular weight excluding hydrogens is 1390 g/mol. The number of rotatable bonds is 28. The predicted molar refractivity (Wildman–Crippen MR) is 403 cm³/mol. The molecule has 8 aromatic carbocycles. The van der Waals surface area contributed by atoms with E-state index < -0.39 is 98.2 Å². The van der Waals surface area contributed by atoms with Crippen molar-refractivity contribution in [3.05, 3.63) is 211 Å². The molecule has 13 rings (SSSR count). The number of halogens is 4. The second-order valence-corrected chi connectivity index (χ2v) is 27.8. The van der Waals surface area contributed by atoms with E-state index in [4.69, 9.17) is 37.9 Å². The fourth-order valence-electron chi connectivity index (χ4n) is 15.5. The number of unbranched alkanes of at least 4 members (excludes halogenated alkanes) is 8. The quantitative estimate of drug-likeness (QED) is 0.0169. The van der Waals surface area contributed by atoms with Gasteiger partial charge in [0, 0.05) is 90.9 Å². The first-order valence-corrected chi connectivity index (χ1v) is 37.7. The van der Waals surface area contributed by atoms with Crippen LogP contribution in [0.1, 0.15) is 221 Å². The van der Waals surface area contributed by atoms with Gasteiger partial charge in [-0.2, -0.15) is 0 Å². The van der Waals surface area contributed by atoms with Crippen molar-refractivity contribution in [3.8, 4) is 46.0 Å². The molecule has 0 spiro atoms. The molecule has 0 unspecified atom stereocenters. The Labute approximate surface area is 626 Å². The molecule has 24 heteroatoms. The minimum atomic E-state index is -0.593. The number of anilines is 4. The average molecular weight is 1480 g/mol. The van der Waals surface area contributed by atoms with Crippen molar-refractivity contribution in [2.24, 2.45) is 0 Å². The van der Waals surface area contributed by atoms with E-state index in [1.54, 1.807) is 0 Å². The van der Waals surface area contributed by atoms with Crippen molar-refractivity contribution in [3.63, 3.8) is 0 Å². The summed E-state index contributed by atoms with van der Waals surface area (Å²) in [7, 11) is 0. The molecule has 0 fully saturated rings. The number of hydrogen-bond donors (Lipinski definition) is 8. The van der Waals surface area contributed by atoms with Crippen LogP contribution in [0.2, 0.25) is 0 Å². The van der Waals surface area contributed by atoms with Gasteiger partial charge in [-0.05, 0) is 147 Å². The van der Waals surface area contributed by atoms with Gasteiger partial charge in [0.15, 0.2) is 0 Å². The van der Waals surface area contributed by atoms with E-state index in [0.717, 1.165) is 122 Å². The van der Waals surface area contributed by atoms with Crippen molar-refractivity contribution < 1.29 is 74.6 Å². The molecule has 0 aromatic heterocycles. The zero-order valence-corrected chi connectivity index (χ0v) is 61.2. The monoisotopic (exact) mass is 1480 g/mol. The van der Waals surface area contributed by atoms with Crippen LogP contribution in [0.25, 0.3) is 0 Å². The number of urea groups is 4. The van der Waals surface area contributed by atoms with Crippen molar-refractivity contribution in [1.29, 1.82) is 0 Å². The maximum Gasteiger partial charge on any atom is 0.319 e. The highest BCUT2D eigenvalue weighted by Gasteiger charge is 2.42. The summed E-state index contributed by atoms with van der Waals surface area (Å²) in [6.45, 7) is 6.39. The first kappa shape index (κ1) is 75.2. The number of nitrogens with one attached hydrogen (secondary N) is 8. The highest BCUT2D eigenvalue weighted by molar-refractivity contribution is 5.91. The van der Waals surface area contributed by atoms with E-state index in [0.29, 0.717) is 117 Å². The van der Waals surface area contributed by atoms with E-state index in [1.165, 1.54) is 97.1 Å². The molecule has 8 amide bonds. The van der Waals surface area contributed by atoms with Gasteiger partial charge >= 0.3 is 24.1 Å². The van der Waals surface area contributed by atoms with Crippen LogP contribution in [0.5, 0.6) is 46.0 Å². The summed E-state index contributed by atoms with van der Waals surface area (Å²) < 4.78 is 114. The molecule has 20 nitrogen and oxygen atoms in total. The van der Waals surface area contributed by atoms with Crippen LogP contribution in [-0.2, 0) is 26.2 Å². The molecule has 108 heavy (non-hydrogen) atoms. The molecule has 5 aliphatic rings. The molecule has 8 aromatic rings. The molecule has 1 aliphatic carbocycles. The van der Waals surface area contributed by atoms with E-state index in [1.807, 2.05) is 0 Å². The molecule has 8 bridgehead atoms. The summed E-state index contributed by atoms with van der Waals surface area (Å²) in [6.07, 6.45) is 11.9. The predicted octanol–water partition coefficient (Wildman–Crippen LogP) is 19.6. The van der Waals surface area contributed by atoms with Gasteiger partial charge in [0.2, 0.25) is 27.2 Å². The van der Waals surface area contributed by atoms with Crippen molar-refractivity contribution in [2.45, 2.75) is 180 Å². The molecule has 4 heterocycles. The molecule has 0 saturated heterocycles. The number of hydrogen-bond acceptors (Lipinski definition) is 12. The Morgan fingerprint density at radius 1 is 0.287 bits per heavy atom. The Hall–Kier alpha value is -11.0. The topological polar surface area (TPSA) is 238 Å². The molecule has 568 valence electrons. The third kappa shape index (κ3) is 17.2. The van der Waals surface area contributed by atoms with Crippen LogP contribution in [0.15, 0.2) is 121 Å². The van der Waals surface area contributed by atoms with E-state index in [-0.39, 0.29) is 26.2 Å². The fourth-order valence-corrected chi connectivity index (χ4v) is 15.5. The molecule has 0 radical (unpaired) electrons. The molecule has 8 N–H and O–H groups in total. The molecule has 0 atom stereocenters. The van der Waals surface area contributed by atoms with Gasteiger partial charge in [-0.15, -0.1) is 0 Å². The van der Waals surface area contributed by atoms with Gasteiger partial charge in [0.05, 0.1) is 48.4 Å². The maximum absolute atomic E-state index is 14.4. The number of amides is 8. The zero-order valence-electron chi connectivity index (χ0n) is 61.2. The van der Waals surface area contributed by atoms with E-state index >= 15 is 0 Å². The molecule has 0 saturated carbocycles. The van der Waals surface area contributed by atoms with Gasteiger partial charge in [0.25, 0.3) is 0 Å². The van der Waals surface area contributed by atoms with Gasteiger partial charge in [-0.25, -0.2) is 36.7 Å². The van der Waals surface area contributed by atoms with Crippen LogP contribution in [-0.4, -0.2) is 51.3 Å². The normalized spacial score (nSPS) is 16.0. The summed E-state index contributed by atoms with van der Waals surface area (Å²) in [6, 6.07) is 28.3. The largest absolute Gasteiger partial charge is 0.457 e. The summed E-state index contributed by atoms with van der Waals surface area (Å²) in [5.74, 6) is -0.957. The van der Waals surface area contributed by atoms with Gasteiger partial charge in [0.1, 0.15) is 69.3 Å². The Balaban J connectivity index is 1.12. The van der Waals surface area contributed by atoms with Crippen LogP contribution >= 0.6 is 0 Å². The maximum atomic E-state index is 14.4. The van der Waals surface area contributed by atoms with Crippen LogP contribution in [0.3, 0.4) is 0 Å². The lowest BCUT2D eigenvalue weighted by Gasteiger charge is -2.38. The Morgan fingerprint density at radius 2 is 0.463 bits per heavy atom.